The van der Waals surface area contributed by atoms with Gasteiger partial charge in [-0.1, -0.05) is 41.0 Å². The normalized spacial score (nSPS) is 19.7. The molecule has 2 aromatic rings. The first-order valence-corrected chi connectivity index (χ1v) is 9.97. The number of nitrogens with one attached hydrogen (secondary N) is 1. The number of piperidine rings is 1. The van der Waals surface area contributed by atoms with Crippen LogP contribution in [0.1, 0.15) is 36.7 Å². The molecule has 1 unspecified atom stereocenters. The number of halogens is 2. The van der Waals surface area contributed by atoms with Crippen LogP contribution in [0.2, 0.25) is 10.0 Å². The van der Waals surface area contributed by atoms with Crippen molar-refractivity contribution in [1.82, 2.24) is 20.1 Å². The molecular formula is C19H22Cl2N4O2. The van der Waals surface area contributed by atoms with Crippen molar-refractivity contribution in [1.29, 1.82) is 0 Å². The highest BCUT2D eigenvalue weighted by Crippen LogP contribution is 2.44. The van der Waals surface area contributed by atoms with Crippen LogP contribution in [-0.2, 0) is 6.42 Å². The van der Waals surface area contributed by atoms with Crippen LogP contribution >= 0.6 is 23.2 Å². The molecule has 0 radical (unpaired) electrons. The van der Waals surface area contributed by atoms with Crippen LogP contribution in [0.4, 0.5) is 0 Å². The van der Waals surface area contributed by atoms with Crippen molar-refractivity contribution in [3.63, 3.8) is 0 Å². The first-order chi connectivity index (χ1) is 13.2. The van der Waals surface area contributed by atoms with Crippen molar-refractivity contribution in [3.8, 4) is 11.8 Å². The zero-order valence-corrected chi connectivity index (χ0v) is 16.5. The number of rotatable bonds is 6. The van der Waals surface area contributed by atoms with E-state index in [1.807, 2.05) is 10.6 Å². The Morgan fingerprint density at radius 2 is 2.04 bits per heavy atom. The highest BCUT2D eigenvalue weighted by atomic mass is 35.5. The first kappa shape index (κ1) is 18.6. The third-order valence-electron chi connectivity index (χ3n) is 5.03. The van der Waals surface area contributed by atoms with E-state index in [1.165, 1.54) is 0 Å². The summed E-state index contributed by atoms with van der Waals surface area (Å²) in [6, 6.07) is 4.08. The number of benzene rings is 1. The fraction of sp³-hybridized carbons (Fsp3) is 0.474. The average Bonchev–Trinajstić information content (AvgIpc) is 3.27. The van der Waals surface area contributed by atoms with Gasteiger partial charge in [0.25, 0.3) is 0 Å². The fourth-order valence-corrected chi connectivity index (χ4v) is 4.18. The zero-order valence-electron chi connectivity index (χ0n) is 15.0. The summed E-state index contributed by atoms with van der Waals surface area (Å²) in [7, 11) is 0. The van der Waals surface area contributed by atoms with Gasteiger partial charge in [0.1, 0.15) is 24.3 Å². The monoisotopic (exact) mass is 408 g/mol. The molecule has 0 bridgehead atoms. The molecule has 1 atom stereocenters. The van der Waals surface area contributed by atoms with Crippen LogP contribution in [0.5, 0.6) is 11.8 Å². The molecule has 144 valence electrons. The Hall–Kier alpha value is -1.76. The molecule has 27 heavy (non-hydrogen) atoms. The molecule has 0 aliphatic carbocycles. The van der Waals surface area contributed by atoms with E-state index in [4.69, 9.17) is 32.7 Å². The van der Waals surface area contributed by atoms with Crippen LogP contribution in [0.3, 0.4) is 0 Å². The number of hydrogen-bond acceptors (Lipinski definition) is 5. The summed E-state index contributed by atoms with van der Waals surface area (Å²) in [6.07, 6.45) is 5.41. The lowest BCUT2D eigenvalue weighted by atomic mass is 10.0. The molecule has 2 aliphatic heterocycles. The van der Waals surface area contributed by atoms with Crippen LogP contribution in [0.25, 0.3) is 0 Å². The van der Waals surface area contributed by atoms with Gasteiger partial charge < -0.3 is 14.8 Å². The molecule has 0 saturated carbocycles. The van der Waals surface area contributed by atoms with Gasteiger partial charge in [0, 0.05) is 12.0 Å². The van der Waals surface area contributed by atoms with E-state index in [0.717, 1.165) is 50.2 Å². The lowest BCUT2D eigenvalue weighted by Gasteiger charge is -2.25. The average molecular weight is 409 g/mol. The Kier molecular flexibility index (Phi) is 5.57. The van der Waals surface area contributed by atoms with Crippen LogP contribution < -0.4 is 14.8 Å². The Balaban J connectivity index is 1.69. The van der Waals surface area contributed by atoms with E-state index < -0.39 is 0 Å². The lowest BCUT2D eigenvalue weighted by Crippen LogP contribution is -2.34. The number of aromatic nitrogens is 3. The predicted octanol–water partition coefficient (Wildman–Crippen LogP) is 3.82. The molecule has 6 nitrogen and oxygen atoms in total. The second-order valence-electron chi connectivity index (χ2n) is 6.76. The van der Waals surface area contributed by atoms with Gasteiger partial charge in [0.15, 0.2) is 0 Å². The van der Waals surface area contributed by atoms with E-state index >= 15 is 0 Å². The van der Waals surface area contributed by atoms with Crippen molar-refractivity contribution in [2.24, 2.45) is 0 Å². The molecule has 2 aliphatic rings. The summed E-state index contributed by atoms with van der Waals surface area (Å²) in [5, 5.41) is 13.0. The molecule has 0 amide bonds. The summed E-state index contributed by atoms with van der Waals surface area (Å²) in [4.78, 5) is 0. The molecule has 1 saturated heterocycles. The minimum atomic E-state index is -0.0715. The van der Waals surface area contributed by atoms with Crippen molar-refractivity contribution in [2.75, 3.05) is 19.7 Å². The smallest absolute Gasteiger partial charge is 0.317 e. The van der Waals surface area contributed by atoms with E-state index in [-0.39, 0.29) is 12.1 Å². The molecule has 8 heteroatoms. The van der Waals surface area contributed by atoms with Crippen LogP contribution in [0.15, 0.2) is 24.8 Å². The van der Waals surface area contributed by atoms with Crippen molar-refractivity contribution in [2.45, 2.75) is 37.8 Å². The van der Waals surface area contributed by atoms with Crippen molar-refractivity contribution < 1.29 is 9.47 Å². The van der Waals surface area contributed by atoms with E-state index in [1.54, 1.807) is 12.1 Å². The molecule has 1 aromatic carbocycles. The summed E-state index contributed by atoms with van der Waals surface area (Å²) >= 11 is 12.9. The van der Waals surface area contributed by atoms with E-state index in [0.29, 0.717) is 28.4 Å². The summed E-state index contributed by atoms with van der Waals surface area (Å²) in [5.41, 5.74) is 0.847. The van der Waals surface area contributed by atoms with Gasteiger partial charge in [0.2, 0.25) is 0 Å². The van der Waals surface area contributed by atoms with Gasteiger partial charge in [-0.15, -0.1) is 5.10 Å². The summed E-state index contributed by atoms with van der Waals surface area (Å²) < 4.78 is 14.1. The highest BCUT2D eigenvalue weighted by Gasteiger charge is 2.34. The summed E-state index contributed by atoms with van der Waals surface area (Å²) in [5.74, 6) is 1.60. The third kappa shape index (κ3) is 3.66. The largest absolute Gasteiger partial charge is 0.489 e. The van der Waals surface area contributed by atoms with Crippen molar-refractivity contribution >= 4 is 23.2 Å². The van der Waals surface area contributed by atoms with Crippen LogP contribution in [0, 0.1) is 0 Å². The predicted molar refractivity (Wildman–Crippen MR) is 105 cm³/mol. The van der Waals surface area contributed by atoms with Gasteiger partial charge in [-0.2, -0.15) is 0 Å². The summed E-state index contributed by atoms with van der Waals surface area (Å²) in [6.45, 7) is 6.02. The Labute approximate surface area is 168 Å². The number of hydrogen-bond donors (Lipinski definition) is 1. The highest BCUT2D eigenvalue weighted by molar-refractivity contribution is 6.42. The Morgan fingerprint density at radius 1 is 1.22 bits per heavy atom. The molecule has 1 N–H and O–H groups in total. The number of nitrogens with zero attached hydrogens (tertiary/aromatic N) is 3. The standard InChI is InChI=1S/C19H22Cl2N4O2/c1-2-11-26-15-5-3-13(20)18(21)17(15)14-4-6-16-23-24-19(25(14)16)27-12-7-9-22-10-8-12/h2-3,5,12,14,22H,1,4,6-11H2. The van der Waals surface area contributed by atoms with Gasteiger partial charge in [-0.3, -0.25) is 4.57 Å². The topological polar surface area (TPSA) is 61.2 Å². The zero-order chi connectivity index (χ0) is 18.8. The van der Waals surface area contributed by atoms with Crippen molar-refractivity contribution in [3.05, 3.63) is 46.2 Å². The molecular weight excluding hydrogens is 387 g/mol. The van der Waals surface area contributed by atoms with E-state index in [2.05, 4.69) is 22.1 Å². The number of aryl methyl sites for hydroxylation is 1. The minimum Gasteiger partial charge on any atom is -0.489 e. The lowest BCUT2D eigenvalue weighted by molar-refractivity contribution is 0.140. The molecule has 1 aromatic heterocycles. The third-order valence-corrected chi connectivity index (χ3v) is 5.85. The Bertz CT molecular complexity index is 833. The maximum Gasteiger partial charge on any atom is 0.317 e. The van der Waals surface area contributed by atoms with Gasteiger partial charge in [-0.25, -0.2) is 0 Å². The second-order valence-corrected chi connectivity index (χ2v) is 7.55. The van der Waals surface area contributed by atoms with Gasteiger partial charge >= 0.3 is 6.01 Å². The van der Waals surface area contributed by atoms with Crippen LogP contribution in [-0.4, -0.2) is 40.6 Å². The van der Waals surface area contributed by atoms with E-state index in [9.17, 15) is 0 Å². The first-order valence-electron chi connectivity index (χ1n) is 9.21. The maximum absolute atomic E-state index is 6.59. The number of fused-ring (bicyclic) bond motifs is 1. The van der Waals surface area contributed by atoms with Gasteiger partial charge in [0.05, 0.1) is 16.1 Å². The quantitative estimate of drug-likeness (QED) is 0.736. The number of ether oxygens (including phenoxy) is 2. The molecule has 0 spiro atoms. The molecule has 3 heterocycles. The Morgan fingerprint density at radius 3 is 2.81 bits per heavy atom. The fourth-order valence-electron chi connectivity index (χ4n) is 3.74. The molecule has 1 fully saturated rings. The van der Waals surface area contributed by atoms with Gasteiger partial charge in [-0.05, 0) is 44.5 Å². The second kappa shape index (κ2) is 8.09. The maximum atomic E-state index is 6.59. The molecule has 4 rings (SSSR count). The SMILES string of the molecule is C=CCOc1ccc(Cl)c(Cl)c1C1CCc2nnc(OC3CCNCC3)n21. The minimum absolute atomic E-state index is 0.0715.